The number of nitrogens with one attached hydrogen (secondary N) is 1. The van der Waals surface area contributed by atoms with Gasteiger partial charge in [-0.15, -0.1) is 0 Å². The van der Waals surface area contributed by atoms with Gasteiger partial charge in [0.1, 0.15) is 17.2 Å². The third-order valence-electron chi connectivity index (χ3n) is 4.30. The second kappa shape index (κ2) is 7.94. The number of urea groups is 1. The maximum absolute atomic E-state index is 12.4. The van der Waals surface area contributed by atoms with Crippen LogP contribution in [0.3, 0.4) is 0 Å². The fourth-order valence-corrected chi connectivity index (χ4v) is 2.92. The smallest absolute Gasteiger partial charge is 0.317 e. The van der Waals surface area contributed by atoms with E-state index in [1.165, 1.54) is 6.42 Å². The maximum Gasteiger partial charge on any atom is 0.317 e. The topological polar surface area (TPSA) is 60.0 Å². The number of hydrogen-bond acceptors (Lipinski definition) is 4. The van der Waals surface area contributed by atoms with E-state index in [4.69, 9.17) is 14.2 Å². The SMILES string of the molecule is COc1cc(OC)c(CNC(=O)N2CCCCC2C)c(OC)c1. The minimum absolute atomic E-state index is 0.0443. The zero-order valence-corrected chi connectivity index (χ0v) is 14.3. The lowest BCUT2D eigenvalue weighted by molar-refractivity contribution is 0.157. The number of carbonyl (C=O) groups is 1. The largest absolute Gasteiger partial charge is 0.496 e. The number of rotatable bonds is 5. The number of likely N-dealkylation sites (tertiary alicyclic amines) is 1. The molecule has 0 aromatic heterocycles. The van der Waals surface area contributed by atoms with Crippen LogP contribution in [0, 0.1) is 0 Å². The van der Waals surface area contributed by atoms with Gasteiger partial charge in [0, 0.05) is 24.7 Å². The first kappa shape index (κ1) is 17.2. The minimum atomic E-state index is -0.0443. The molecule has 1 aliphatic heterocycles. The van der Waals surface area contributed by atoms with Crippen molar-refractivity contribution in [3.05, 3.63) is 17.7 Å². The van der Waals surface area contributed by atoms with Crippen molar-refractivity contribution in [2.24, 2.45) is 0 Å². The van der Waals surface area contributed by atoms with E-state index in [9.17, 15) is 4.79 Å². The van der Waals surface area contributed by atoms with E-state index in [1.807, 2.05) is 4.90 Å². The highest BCUT2D eigenvalue weighted by molar-refractivity contribution is 5.75. The summed E-state index contributed by atoms with van der Waals surface area (Å²) in [6.07, 6.45) is 3.31. The predicted molar refractivity (Wildman–Crippen MR) is 88.4 cm³/mol. The van der Waals surface area contributed by atoms with Gasteiger partial charge in [-0.1, -0.05) is 0 Å². The highest BCUT2D eigenvalue weighted by atomic mass is 16.5. The third-order valence-corrected chi connectivity index (χ3v) is 4.30. The summed E-state index contributed by atoms with van der Waals surface area (Å²) < 4.78 is 16.0. The second-order valence-electron chi connectivity index (χ2n) is 5.71. The van der Waals surface area contributed by atoms with Gasteiger partial charge in [0.05, 0.1) is 33.4 Å². The first-order valence-corrected chi connectivity index (χ1v) is 7.94. The quantitative estimate of drug-likeness (QED) is 0.905. The Morgan fingerprint density at radius 2 is 1.83 bits per heavy atom. The van der Waals surface area contributed by atoms with Gasteiger partial charge in [-0.25, -0.2) is 4.79 Å². The van der Waals surface area contributed by atoms with Crippen LogP contribution in [0.1, 0.15) is 31.7 Å². The van der Waals surface area contributed by atoms with Crippen LogP contribution in [0.4, 0.5) is 4.79 Å². The average Bonchev–Trinajstić information content (AvgIpc) is 2.59. The first-order valence-electron chi connectivity index (χ1n) is 7.94. The van der Waals surface area contributed by atoms with Gasteiger partial charge in [0.2, 0.25) is 0 Å². The van der Waals surface area contributed by atoms with Crippen molar-refractivity contribution in [2.75, 3.05) is 27.9 Å². The van der Waals surface area contributed by atoms with E-state index >= 15 is 0 Å². The molecule has 2 amide bonds. The Morgan fingerprint density at radius 1 is 1.17 bits per heavy atom. The molecule has 2 rings (SSSR count). The lowest BCUT2D eigenvalue weighted by atomic mass is 10.0. The molecule has 1 aliphatic rings. The summed E-state index contributed by atoms with van der Waals surface area (Å²) in [5.74, 6) is 1.92. The molecule has 1 aromatic carbocycles. The fraction of sp³-hybridized carbons (Fsp3) is 0.588. The molecule has 1 heterocycles. The lowest BCUT2D eigenvalue weighted by Crippen LogP contribution is -2.47. The second-order valence-corrected chi connectivity index (χ2v) is 5.71. The van der Waals surface area contributed by atoms with Crippen molar-refractivity contribution in [2.45, 2.75) is 38.8 Å². The summed E-state index contributed by atoms with van der Waals surface area (Å²) in [6, 6.07) is 3.81. The van der Waals surface area contributed by atoms with Crippen LogP contribution in [0.5, 0.6) is 17.2 Å². The highest BCUT2D eigenvalue weighted by Crippen LogP contribution is 2.34. The molecule has 1 aromatic rings. The molecule has 1 atom stereocenters. The molecule has 23 heavy (non-hydrogen) atoms. The molecule has 0 spiro atoms. The molecule has 128 valence electrons. The van der Waals surface area contributed by atoms with Crippen LogP contribution in [0.15, 0.2) is 12.1 Å². The highest BCUT2D eigenvalue weighted by Gasteiger charge is 2.23. The number of benzene rings is 1. The monoisotopic (exact) mass is 322 g/mol. The molecular formula is C17H26N2O4. The lowest BCUT2D eigenvalue weighted by Gasteiger charge is -2.33. The van der Waals surface area contributed by atoms with E-state index in [0.29, 0.717) is 23.8 Å². The summed E-state index contributed by atoms with van der Waals surface area (Å²) in [6.45, 7) is 3.25. The molecule has 0 radical (unpaired) electrons. The summed E-state index contributed by atoms with van der Waals surface area (Å²) in [5, 5.41) is 2.97. The van der Waals surface area contributed by atoms with Crippen molar-refractivity contribution in [3.63, 3.8) is 0 Å². The average molecular weight is 322 g/mol. The van der Waals surface area contributed by atoms with Crippen LogP contribution in [0.2, 0.25) is 0 Å². The molecule has 6 nitrogen and oxygen atoms in total. The van der Waals surface area contributed by atoms with E-state index in [0.717, 1.165) is 24.9 Å². The van der Waals surface area contributed by atoms with Crippen molar-refractivity contribution >= 4 is 6.03 Å². The van der Waals surface area contributed by atoms with Crippen LogP contribution < -0.4 is 19.5 Å². The Morgan fingerprint density at radius 3 is 2.35 bits per heavy atom. The number of carbonyl (C=O) groups excluding carboxylic acids is 1. The molecule has 0 bridgehead atoms. The van der Waals surface area contributed by atoms with Crippen molar-refractivity contribution < 1.29 is 19.0 Å². The number of hydrogen-bond donors (Lipinski definition) is 1. The summed E-state index contributed by atoms with van der Waals surface area (Å²) >= 11 is 0. The number of amides is 2. The molecule has 0 saturated carbocycles. The molecular weight excluding hydrogens is 296 g/mol. The summed E-state index contributed by atoms with van der Waals surface area (Å²) in [4.78, 5) is 14.3. The number of piperidine rings is 1. The Kier molecular flexibility index (Phi) is 5.96. The van der Waals surface area contributed by atoms with Gasteiger partial charge in [-0.2, -0.15) is 0 Å². The van der Waals surface area contributed by atoms with Gasteiger partial charge in [0.15, 0.2) is 0 Å². The first-order chi connectivity index (χ1) is 11.1. The predicted octanol–water partition coefficient (Wildman–Crippen LogP) is 2.80. The summed E-state index contributed by atoms with van der Waals surface area (Å²) in [5.41, 5.74) is 0.800. The van der Waals surface area contributed by atoms with Crippen LogP contribution >= 0.6 is 0 Å². The molecule has 1 saturated heterocycles. The van der Waals surface area contributed by atoms with E-state index < -0.39 is 0 Å². The van der Waals surface area contributed by atoms with E-state index in [1.54, 1.807) is 33.5 Å². The molecule has 1 fully saturated rings. The molecule has 1 unspecified atom stereocenters. The Bertz CT molecular complexity index is 522. The normalized spacial score (nSPS) is 17.6. The number of ether oxygens (including phenoxy) is 3. The van der Waals surface area contributed by atoms with Gasteiger partial charge >= 0.3 is 6.03 Å². The van der Waals surface area contributed by atoms with Gasteiger partial charge < -0.3 is 24.4 Å². The van der Waals surface area contributed by atoms with Crippen LogP contribution in [-0.4, -0.2) is 44.8 Å². The van der Waals surface area contributed by atoms with Gasteiger partial charge in [0.25, 0.3) is 0 Å². The zero-order valence-electron chi connectivity index (χ0n) is 14.3. The minimum Gasteiger partial charge on any atom is -0.496 e. The number of nitrogens with zero attached hydrogens (tertiary/aromatic N) is 1. The van der Waals surface area contributed by atoms with Crippen LogP contribution in [-0.2, 0) is 6.54 Å². The fourth-order valence-electron chi connectivity index (χ4n) is 2.92. The summed E-state index contributed by atoms with van der Waals surface area (Å²) in [7, 11) is 4.77. The van der Waals surface area contributed by atoms with Gasteiger partial charge in [-0.05, 0) is 26.2 Å². The number of methoxy groups -OCH3 is 3. The van der Waals surface area contributed by atoms with E-state index in [-0.39, 0.29) is 12.1 Å². The molecule has 1 N–H and O–H groups in total. The Balaban J connectivity index is 2.11. The van der Waals surface area contributed by atoms with Crippen molar-refractivity contribution in [1.29, 1.82) is 0 Å². The van der Waals surface area contributed by atoms with Crippen molar-refractivity contribution in [3.8, 4) is 17.2 Å². The molecule has 6 heteroatoms. The van der Waals surface area contributed by atoms with Crippen molar-refractivity contribution in [1.82, 2.24) is 10.2 Å². The molecule has 0 aliphatic carbocycles. The Hall–Kier alpha value is -2.11. The van der Waals surface area contributed by atoms with Crippen LogP contribution in [0.25, 0.3) is 0 Å². The third kappa shape index (κ3) is 4.00. The zero-order chi connectivity index (χ0) is 16.8. The van der Waals surface area contributed by atoms with E-state index in [2.05, 4.69) is 12.2 Å². The maximum atomic E-state index is 12.4. The standard InChI is InChI=1S/C17H26N2O4/c1-12-7-5-6-8-19(12)17(20)18-11-14-15(22-3)9-13(21-2)10-16(14)23-4/h9-10,12H,5-8,11H2,1-4H3,(H,18,20). The van der Waals surface area contributed by atoms with Gasteiger partial charge in [-0.3, -0.25) is 0 Å². The Labute approximate surface area is 137 Å².